The molecule has 0 bridgehead atoms. The fourth-order valence-electron chi connectivity index (χ4n) is 1.47. The zero-order chi connectivity index (χ0) is 11.5. The molecule has 0 atom stereocenters. The Bertz CT molecular complexity index is 557. The van der Waals surface area contributed by atoms with Gasteiger partial charge in [0.25, 0.3) is 5.91 Å². The van der Waals surface area contributed by atoms with Crippen molar-refractivity contribution in [1.82, 2.24) is 15.4 Å². The van der Waals surface area contributed by atoms with Crippen molar-refractivity contribution in [3.8, 4) is 0 Å². The average molecular weight is 217 g/mol. The summed E-state index contributed by atoms with van der Waals surface area (Å²) in [4.78, 5) is 18.2. The third-order valence-electron chi connectivity index (χ3n) is 2.16. The van der Waals surface area contributed by atoms with E-state index < -0.39 is 5.91 Å². The van der Waals surface area contributed by atoms with Crippen LogP contribution in [0, 0.1) is 6.92 Å². The monoisotopic (exact) mass is 217 g/mol. The Hall–Kier alpha value is -2.14. The largest absolute Gasteiger partial charge is 0.342 e. The predicted molar refractivity (Wildman–Crippen MR) is 59.8 cm³/mol. The van der Waals surface area contributed by atoms with Gasteiger partial charge < -0.3 is 4.98 Å². The highest BCUT2D eigenvalue weighted by Gasteiger charge is 1.99. The van der Waals surface area contributed by atoms with Gasteiger partial charge in [-0.25, -0.2) is 10.5 Å². The van der Waals surface area contributed by atoms with Gasteiger partial charge in [0.05, 0.1) is 11.0 Å². The molecule has 0 radical (unpaired) electrons. The molecule has 1 heterocycles. The summed E-state index contributed by atoms with van der Waals surface area (Å²) in [6, 6.07) is 5.61. The number of benzene rings is 1. The molecular formula is C11H11N3O2. The second kappa shape index (κ2) is 4.16. The Kier molecular flexibility index (Phi) is 2.70. The standard InChI is InChI=1S/C11H11N3O2/c1-7-12-9-4-2-8(6-10(9)13-7)3-5-11(15)14-16/h2-6,16H,1H3,(H,12,13)(H,14,15)/b5-3+. The van der Waals surface area contributed by atoms with Crippen LogP contribution < -0.4 is 5.48 Å². The van der Waals surface area contributed by atoms with Gasteiger partial charge in [0.2, 0.25) is 0 Å². The van der Waals surface area contributed by atoms with Crippen molar-refractivity contribution >= 4 is 23.0 Å². The first-order chi connectivity index (χ1) is 7.69. The second-order valence-corrected chi connectivity index (χ2v) is 3.41. The number of nitrogens with one attached hydrogen (secondary N) is 2. The smallest absolute Gasteiger partial charge is 0.267 e. The van der Waals surface area contributed by atoms with E-state index >= 15 is 0 Å². The summed E-state index contributed by atoms with van der Waals surface area (Å²) in [5.74, 6) is 0.296. The van der Waals surface area contributed by atoms with Crippen LogP contribution in [0.4, 0.5) is 0 Å². The third kappa shape index (κ3) is 2.09. The van der Waals surface area contributed by atoms with E-state index in [4.69, 9.17) is 5.21 Å². The number of carbonyl (C=O) groups excluding carboxylic acids is 1. The van der Waals surface area contributed by atoms with E-state index in [1.165, 1.54) is 11.6 Å². The minimum atomic E-state index is -0.555. The Morgan fingerprint density at radius 3 is 3.12 bits per heavy atom. The van der Waals surface area contributed by atoms with Crippen LogP contribution in [0.1, 0.15) is 11.4 Å². The average Bonchev–Trinajstić information content (AvgIpc) is 2.65. The fourth-order valence-corrected chi connectivity index (χ4v) is 1.47. The lowest BCUT2D eigenvalue weighted by molar-refractivity contribution is -0.124. The molecule has 16 heavy (non-hydrogen) atoms. The molecule has 2 rings (SSSR count). The second-order valence-electron chi connectivity index (χ2n) is 3.41. The highest BCUT2D eigenvalue weighted by molar-refractivity contribution is 5.91. The first kappa shape index (κ1) is 10.4. The van der Waals surface area contributed by atoms with Gasteiger partial charge in [0.1, 0.15) is 5.82 Å². The molecule has 3 N–H and O–H groups in total. The van der Waals surface area contributed by atoms with Gasteiger partial charge in [-0.1, -0.05) is 6.07 Å². The number of H-pyrrole nitrogens is 1. The first-order valence-corrected chi connectivity index (χ1v) is 4.77. The van der Waals surface area contributed by atoms with E-state index in [1.807, 2.05) is 25.1 Å². The van der Waals surface area contributed by atoms with E-state index in [-0.39, 0.29) is 0 Å². The minimum Gasteiger partial charge on any atom is -0.342 e. The SMILES string of the molecule is Cc1nc2ccc(/C=C/C(=O)NO)cc2[nH]1. The number of aromatic amines is 1. The summed E-state index contributed by atoms with van der Waals surface area (Å²) in [5.41, 5.74) is 4.20. The Morgan fingerprint density at radius 2 is 2.38 bits per heavy atom. The first-order valence-electron chi connectivity index (χ1n) is 4.77. The van der Waals surface area contributed by atoms with Crippen molar-refractivity contribution in [3.05, 3.63) is 35.7 Å². The van der Waals surface area contributed by atoms with E-state index in [1.54, 1.807) is 6.08 Å². The molecule has 0 aliphatic carbocycles. The molecule has 5 nitrogen and oxygen atoms in total. The number of aromatic nitrogens is 2. The maximum absolute atomic E-state index is 10.8. The summed E-state index contributed by atoms with van der Waals surface area (Å²) in [7, 11) is 0. The molecule has 0 spiro atoms. The summed E-state index contributed by atoms with van der Waals surface area (Å²) in [5, 5.41) is 8.32. The van der Waals surface area contributed by atoms with Crippen molar-refractivity contribution in [2.75, 3.05) is 0 Å². The number of imidazole rings is 1. The summed E-state index contributed by atoms with van der Waals surface area (Å²) in [6.45, 7) is 1.88. The number of hydrogen-bond acceptors (Lipinski definition) is 3. The lowest BCUT2D eigenvalue weighted by atomic mass is 10.2. The molecule has 0 aliphatic rings. The highest BCUT2D eigenvalue weighted by atomic mass is 16.5. The Morgan fingerprint density at radius 1 is 1.56 bits per heavy atom. The quantitative estimate of drug-likeness (QED) is 0.404. The van der Waals surface area contributed by atoms with Crippen molar-refractivity contribution < 1.29 is 10.0 Å². The molecule has 0 saturated heterocycles. The summed E-state index contributed by atoms with van der Waals surface area (Å²) in [6.07, 6.45) is 2.87. The van der Waals surface area contributed by atoms with Crippen LogP contribution in [-0.2, 0) is 4.79 Å². The van der Waals surface area contributed by atoms with Crippen LogP contribution in [0.5, 0.6) is 0 Å². The van der Waals surface area contributed by atoms with Gasteiger partial charge in [-0.15, -0.1) is 0 Å². The van der Waals surface area contributed by atoms with Crippen LogP contribution >= 0.6 is 0 Å². The summed E-state index contributed by atoms with van der Waals surface area (Å²) < 4.78 is 0. The molecule has 1 amide bonds. The number of amides is 1. The van der Waals surface area contributed by atoms with E-state index in [0.29, 0.717) is 0 Å². The molecular weight excluding hydrogens is 206 g/mol. The van der Waals surface area contributed by atoms with Gasteiger partial charge in [-0.2, -0.15) is 0 Å². The predicted octanol–water partition coefficient (Wildman–Crippen LogP) is 1.39. The zero-order valence-electron chi connectivity index (χ0n) is 8.69. The molecule has 82 valence electrons. The zero-order valence-corrected chi connectivity index (χ0v) is 8.69. The van der Waals surface area contributed by atoms with Gasteiger partial charge in [0, 0.05) is 6.08 Å². The lowest BCUT2D eigenvalue weighted by Crippen LogP contribution is -2.14. The number of carbonyl (C=O) groups is 1. The van der Waals surface area contributed by atoms with Gasteiger partial charge >= 0.3 is 0 Å². The number of aryl methyl sites for hydroxylation is 1. The Labute approximate surface area is 91.8 Å². The van der Waals surface area contributed by atoms with Crippen LogP contribution in [0.2, 0.25) is 0 Å². The van der Waals surface area contributed by atoms with E-state index in [2.05, 4.69) is 9.97 Å². The van der Waals surface area contributed by atoms with Gasteiger partial charge in [-0.3, -0.25) is 10.0 Å². The molecule has 0 aliphatic heterocycles. The molecule has 1 aromatic heterocycles. The van der Waals surface area contributed by atoms with Crippen molar-refractivity contribution in [1.29, 1.82) is 0 Å². The van der Waals surface area contributed by atoms with Crippen molar-refractivity contribution in [2.45, 2.75) is 6.92 Å². The topological polar surface area (TPSA) is 78.0 Å². The van der Waals surface area contributed by atoms with Crippen LogP contribution in [0.3, 0.4) is 0 Å². The van der Waals surface area contributed by atoms with Crippen molar-refractivity contribution in [2.24, 2.45) is 0 Å². The maximum atomic E-state index is 10.8. The number of rotatable bonds is 2. The molecule has 0 unspecified atom stereocenters. The number of nitrogens with zero attached hydrogens (tertiary/aromatic N) is 1. The highest BCUT2D eigenvalue weighted by Crippen LogP contribution is 2.14. The Balaban J connectivity index is 2.32. The molecule has 5 heteroatoms. The van der Waals surface area contributed by atoms with E-state index in [0.717, 1.165) is 22.4 Å². The lowest BCUT2D eigenvalue weighted by Gasteiger charge is -1.93. The van der Waals surface area contributed by atoms with Crippen LogP contribution in [0.15, 0.2) is 24.3 Å². The van der Waals surface area contributed by atoms with Gasteiger partial charge in [0.15, 0.2) is 0 Å². The van der Waals surface area contributed by atoms with E-state index in [9.17, 15) is 4.79 Å². The molecule has 0 fully saturated rings. The van der Waals surface area contributed by atoms with Crippen LogP contribution in [0.25, 0.3) is 17.1 Å². The number of hydrogen-bond donors (Lipinski definition) is 3. The van der Waals surface area contributed by atoms with Gasteiger partial charge in [-0.05, 0) is 30.7 Å². The third-order valence-corrected chi connectivity index (χ3v) is 2.16. The number of hydroxylamine groups is 1. The summed E-state index contributed by atoms with van der Waals surface area (Å²) >= 11 is 0. The molecule has 0 saturated carbocycles. The molecule has 2 aromatic rings. The van der Waals surface area contributed by atoms with Crippen LogP contribution in [-0.4, -0.2) is 21.1 Å². The maximum Gasteiger partial charge on any atom is 0.267 e. The minimum absolute atomic E-state index is 0.555. The van der Waals surface area contributed by atoms with Crippen molar-refractivity contribution in [3.63, 3.8) is 0 Å². The normalized spacial score (nSPS) is 11.1. The fraction of sp³-hybridized carbons (Fsp3) is 0.0909. The number of fused-ring (bicyclic) bond motifs is 1. The molecule has 1 aromatic carbocycles.